The fraction of sp³-hybridized carbons (Fsp3) is 0.296. The Kier molecular flexibility index (Phi) is 8.02. The first-order valence-electron chi connectivity index (χ1n) is 12.0. The first-order valence-corrected chi connectivity index (χ1v) is 12.0. The lowest BCUT2D eigenvalue weighted by Gasteiger charge is -2.32. The maximum atomic E-state index is 13.2. The van der Waals surface area contributed by atoms with Crippen LogP contribution in [-0.4, -0.2) is 68.2 Å². The number of aromatic nitrogens is 1. The van der Waals surface area contributed by atoms with Crippen LogP contribution in [0.3, 0.4) is 0 Å². The molecular weight excluding hydrogens is 456 g/mol. The van der Waals surface area contributed by atoms with Crippen molar-refractivity contribution in [2.24, 2.45) is 0 Å². The molecule has 0 unspecified atom stereocenters. The second-order valence-corrected chi connectivity index (χ2v) is 8.35. The molecule has 9 heteroatoms. The molecule has 3 amide bonds. The zero-order valence-electron chi connectivity index (χ0n) is 20.7. The molecule has 0 saturated carbocycles. The number of hydrogen-bond donors (Lipinski definition) is 2. The number of amides is 3. The highest BCUT2D eigenvalue weighted by Gasteiger charge is 2.32. The van der Waals surface area contributed by atoms with Crippen LogP contribution in [0, 0.1) is 0 Å². The maximum Gasteiger partial charge on any atom is 0.330 e. The van der Waals surface area contributed by atoms with Gasteiger partial charge >= 0.3 is 6.03 Å². The van der Waals surface area contributed by atoms with Crippen LogP contribution in [0.1, 0.15) is 17.4 Å². The van der Waals surface area contributed by atoms with Gasteiger partial charge in [0.05, 0.1) is 18.5 Å². The SMILES string of the molecule is C=C/C=C(\C(=C/C)NC(=O)c1cccc(N2CCN(c3cccc(OC)c3)C2=O)n1)N1CCNCC1. The smallest absolute Gasteiger partial charge is 0.330 e. The van der Waals surface area contributed by atoms with Crippen molar-refractivity contribution < 1.29 is 14.3 Å². The van der Waals surface area contributed by atoms with Crippen molar-refractivity contribution in [3.05, 3.63) is 84.4 Å². The predicted octanol–water partition coefficient (Wildman–Crippen LogP) is 3.15. The van der Waals surface area contributed by atoms with E-state index in [4.69, 9.17) is 4.74 Å². The Hall–Kier alpha value is -4.11. The Morgan fingerprint density at radius 1 is 1.11 bits per heavy atom. The number of hydrogen-bond acceptors (Lipinski definition) is 6. The number of benzene rings is 1. The predicted molar refractivity (Wildman–Crippen MR) is 141 cm³/mol. The van der Waals surface area contributed by atoms with Crippen LogP contribution >= 0.6 is 0 Å². The van der Waals surface area contributed by atoms with E-state index in [0.717, 1.165) is 37.6 Å². The Balaban J connectivity index is 1.50. The molecule has 0 radical (unpaired) electrons. The van der Waals surface area contributed by atoms with Gasteiger partial charge in [-0.1, -0.05) is 30.9 Å². The number of ether oxygens (including phenoxy) is 1. The summed E-state index contributed by atoms with van der Waals surface area (Å²) in [7, 11) is 1.59. The van der Waals surface area contributed by atoms with Gasteiger partial charge in [0.15, 0.2) is 0 Å². The molecule has 2 fully saturated rings. The molecule has 0 spiro atoms. The van der Waals surface area contributed by atoms with Crippen molar-refractivity contribution in [3.8, 4) is 5.75 Å². The van der Waals surface area contributed by atoms with Gasteiger partial charge in [-0.15, -0.1) is 0 Å². The summed E-state index contributed by atoms with van der Waals surface area (Å²) in [5.74, 6) is 0.774. The van der Waals surface area contributed by atoms with E-state index in [9.17, 15) is 9.59 Å². The van der Waals surface area contributed by atoms with Crippen LogP contribution < -0.4 is 25.2 Å². The topological polar surface area (TPSA) is 90.0 Å². The van der Waals surface area contributed by atoms with Gasteiger partial charge in [0.2, 0.25) is 0 Å². The molecule has 9 nitrogen and oxygen atoms in total. The third kappa shape index (κ3) is 5.41. The molecule has 2 aromatic rings. The second-order valence-electron chi connectivity index (χ2n) is 8.35. The van der Waals surface area contributed by atoms with Crippen LogP contribution in [0.5, 0.6) is 5.75 Å². The van der Waals surface area contributed by atoms with Gasteiger partial charge in [-0.05, 0) is 37.3 Å². The van der Waals surface area contributed by atoms with E-state index in [1.807, 2.05) is 43.3 Å². The molecule has 36 heavy (non-hydrogen) atoms. The van der Waals surface area contributed by atoms with Crippen LogP contribution in [0.25, 0.3) is 0 Å². The van der Waals surface area contributed by atoms with Crippen molar-refractivity contribution >= 4 is 23.4 Å². The fourth-order valence-corrected chi connectivity index (χ4v) is 4.32. The lowest BCUT2D eigenvalue weighted by molar-refractivity contribution is 0.0959. The number of methoxy groups -OCH3 is 1. The maximum absolute atomic E-state index is 13.2. The fourth-order valence-electron chi connectivity index (χ4n) is 4.32. The van der Waals surface area contributed by atoms with E-state index >= 15 is 0 Å². The number of allylic oxidation sites excluding steroid dienone is 3. The van der Waals surface area contributed by atoms with Crippen LogP contribution in [0.15, 0.2) is 78.7 Å². The molecule has 3 heterocycles. The van der Waals surface area contributed by atoms with E-state index in [1.165, 1.54) is 0 Å². The molecule has 2 N–H and O–H groups in total. The highest BCUT2D eigenvalue weighted by molar-refractivity contribution is 6.06. The van der Waals surface area contributed by atoms with Crippen molar-refractivity contribution in [1.82, 2.24) is 20.5 Å². The van der Waals surface area contributed by atoms with Gasteiger partial charge in [0.25, 0.3) is 5.91 Å². The molecule has 2 aliphatic rings. The first-order chi connectivity index (χ1) is 17.5. The molecule has 188 valence electrons. The van der Waals surface area contributed by atoms with E-state index in [1.54, 1.807) is 41.2 Å². The summed E-state index contributed by atoms with van der Waals surface area (Å²) in [4.78, 5) is 36.4. The zero-order valence-corrected chi connectivity index (χ0v) is 20.7. The van der Waals surface area contributed by atoms with E-state index < -0.39 is 0 Å². The van der Waals surface area contributed by atoms with Crippen LogP contribution in [0.4, 0.5) is 16.3 Å². The van der Waals surface area contributed by atoms with Gasteiger partial charge in [-0.2, -0.15) is 0 Å². The minimum Gasteiger partial charge on any atom is -0.497 e. The molecule has 0 bridgehead atoms. The van der Waals surface area contributed by atoms with Crippen molar-refractivity contribution in [3.63, 3.8) is 0 Å². The largest absolute Gasteiger partial charge is 0.497 e. The molecule has 2 saturated heterocycles. The molecule has 1 aromatic carbocycles. The number of piperazine rings is 1. The monoisotopic (exact) mass is 488 g/mol. The summed E-state index contributed by atoms with van der Waals surface area (Å²) >= 11 is 0. The van der Waals surface area contributed by atoms with Crippen LogP contribution in [-0.2, 0) is 0 Å². The van der Waals surface area contributed by atoms with E-state index in [-0.39, 0.29) is 17.6 Å². The number of rotatable bonds is 8. The van der Waals surface area contributed by atoms with Crippen LogP contribution in [0.2, 0.25) is 0 Å². The minimum atomic E-state index is -0.341. The average Bonchev–Trinajstić information content (AvgIpc) is 3.32. The Labute approximate surface area is 211 Å². The second kappa shape index (κ2) is 11.5. The zero-order chi connectivity index (χ0) is 25.5. The van der Waals surface area contributed by atoms with Gasteiger partial charge in [0, 0.05) is 51.0 Å². The number of pyridine rings is 1. The third-order valence-corrected chi connectivity index (χ3v) is 6.16. The quantitative estimate of drug-likeness (QED) is 0.555. The normalized spacial score (nSPS) is 16.8. The highest BCUT2D eigenvalue weighted by Crippen LogP contribution is 2.27. The number of nitrogens with one attached hydrogen (secondary N) is 2. The lowest BCUT2D eigenvalue weighted by atomic mass is 10.2. The average molecular weight is 489 g/mol. The summed E-state index contributed by atoms with van der Waals surface area (Å²) in [6, 6.07) is 12.3. The van der Waals surface area contributed by atoms with Crippen molar-refractivity contribution in [1.29, 1.82) is 0 Å². The highest BCUT2D eigenvalue weighted by atomic mass is 16.5. The number of carbonyl (C=O) groups excluding carboxylic acids is 2. The molecule has 0 atom stereocenters. The minimum absolute atomic E-state index is 0.197. The van der Waals surface area contributed by atoms with Crippen molar-refractivity contribution in [2.45, 2.75) is 6.92 Å². The summed E-state index contributed by atoms with van der Waals surface area (Å²) < 4.78 is 5.29. The third-order valence-electron chi connectivity index (χ3n) is 6.16. The van der Waals surface area contributed by atoms with E-state index in [2.05, 4.69) is 27.1 Å². The Morgan fingerprint density at radius 2 is 1.86 bits per heavy atom. The molecule has 0 aliphatic carbocycles. The summed E-state index contributed by atoms with van der Waals surface area (Å²) in [6.07, 6.45) is 5.49. The first kappa shape index (κ1) is 25.0. The summed E-state index contributed by atoms with van der Waals surface area (Å²) in [5, 5.41) is 6.33. The molecular formula is C27H32N6O3. The summed E-state index contributed by atoms with van der Waals surface area (Å²) in [5.41, 5.74) is 2.58. The molecule has 4 rings (SSSR count). The van der Waals surface area contributed by atoms with E-state index in [0.29, 0.717) is 30.4 Å². The summed E-state index contributed by atoms with van der Waals surface area (Å²) in [6.45, 7) is 10.1. The van der Waals surface area contributed by atoms with Gasteiger partial charge < -0.3 is 20.3 Å². The molecule has 2 aliphatic heterocycles. The van der Waals surface area contributed by atoms with Gasteiger partial charge in [0.1, 0.15) is 17.3 Å². The Bertz CT molecular complexity index is 1190. The van der Waals surface area contributed by atoms with Gasteiger partial charge in [-0.25, -0.2) is 9.78 Å². The lowest BCUT2D eigenvalue weighted by Crippen LogP contribution is -2.44. The standard InChI is InChI=1S/C27H32N6O3/c1-4-8-24(31-15-13-28-14-16-31)22(5-2)30-26(34)23-11-7-12-25(29-23)33-18-17-32(27(33)35)20-9-6-10-21(19-20)36-3/h4-12,19,28H,1,13-18H2,2-3H3,(H,30,34)/b22-5+,24-8+. The van der Waals surface area contributed by atoms with Gasteiger partial charge in [-0.3, -0.25) is 14.6 Å². The number of nitrogens with zero attached hydrogens (tertiary/aromatic N) is 4. The Morgan fingerprint density at radius 3 is 2.58 bits per heavy atom. The number of carbonyl (C=O) groups is 2. The van der Waals surface area contributed by atoms with Crippen molar-refractivity contribution in [2.75, 3.05) is 56.2 Å². The number of anilines is 2. The molecule has 1 aromatic heterocycles. The number of urea groups is 1.